The zero-order valence-electron chi connectivity index (χ0n) is 18.9. The molecule has 2 aromatic carbocycles. The lowest BCUT2D eigenvalue weighted by molar-refractivity contribution is -0.119. The fraction of sp³-hybridized carbons (Fsp3) is 0.375. The van der Waals surface area contributed by atoms with Crippen LogP contribution in [0.4, 0.5) is 0 Å². The van der Waals surface area contributed by atoms with Crippen molar-refractivity contribution >= 4 is 17.7 Å². The van der Waals surface area contributed by atoms with Gasteiger partial charge in [-0.05, 0) is 23.6 Å². The predicted octanol–water partition coefficient (Wildman–Crippen LogP) is 4.21. The van der Waals surface area contributed by atoms with Gasteiger partial charge in [-0.15, -0.1) is 10.2 Å². The summed E-state index contributed by atoms with van der Waals surface area (Å²) in [5.74, 6) is 2.00. The van der Waals surface area contributed by atoms with E-state index in [4.69, 9.17) is 9.47 Å². The Labute approximate surface area is 193 Å². The summed E-state index contributed by atoms with van der Waals surface area (Å²) in [6.07, 6.45) is 0. The van der Waals surface area contributed by atoms with Crippen LogP contribution in [-0.2, 0) is 16.1 Å². The molecule has 0 bridgehead atoms. The number of ether oxygens (including phenoxy) is 2. The molecule has 3 rings (SSSR count). The number of carbonyl (C=O) groups is 1. The molecule has 0 saturated carbocycles. The van der Waals surface area contributed by atoms with Crippen LogP contribution in [0.3, 0.4) is 0 Å². The first-order valence-electron chi connectivity index (χ1n) is 10.6. The first-order valence-corrected chi connectivity index (χ1v) is 11.6. The molecule has 0 aliphatic heterocycles. The highest BCUT2D eigenvalue weighted by atomic mass is 32.2. The van der Waals surface area contributed by atoms with E-state index in [1.807, 2.05) is 59.2 Å². The average molecular weight is 455 g/mol. The van der Waals surface area contributed by atoms with Crippen LogP contribution in [0.15, 0.2) is 59.8 Å². The van der Waals surface area contributed by atoms with Crippen molar-refractivity contribution in [1.82, 2.24) is 20.1 Å². The van der Waals surface area contributed by atoms with E-state index in [-0.39, 0.29) is 23.6 Å². The predicted molar refractivity (Wildman–Crippen MR) is 127 cm³/mol. The van der Waals surface area contributed by atoms with Crippen molar-refractivity contribution in [3.05, 3.63) is 60.2 Å². The standard InChI is InChI=1S/C24H30N4O3S/c1-17(2)22(18-10-12-20(31-4)13-11-18)25-21(29)16-32-24-27-26-23(28(24)14-15-30-3)19-8-6-5-7-9-19/h5-13,17,22H,14-16H2,1-4H3,(H,25,29)/t22-/m0/s1. The first kappa shape index (κ1) is 23.8. The second kappa shape index (κ2) is 11.7. The van der Waals surface area contributed by atoms with Gasteiger partial charge in [0.25, 0.3) is 0 Å². The number of benzene rings is 2. The summed E-state index contributed by atoms with van der Waals surface area (Å²) in [5, 5.41) is 12.6. The molecule has 32 heavy (non-hydrogen) atoms. The number of nitrogens with zero attached hydrogens (tertiary/aromatic N) is 3. The maximum Gasteiger partial charge on any atom is 0.230 e. The van der Waals surface area contributed by atoms with Crippen LogP contribution in [0.5, 0.6) is 5.75 Å². The third kappa shape index (κ3) is 6.11. The van der Waals surface area contributed by atoms with Gasteiger partial charge in [-0.25, -0.2) is 0 Å². The van der Waals surface area contributed by atoms with Crippen molar-refractivity contribution in [2.75, 3.05) is 26.6 Å². The van der Waals surface area contributed by atoms with Crippen molar-refractivity contribution < 1.29 is 14.3 Å². The topological polar surface area (TPSA) is 78.3 Å². The lowest BCUT2D eigenvalue weighted by atomic mass is 9.96. The zero-order valence-corrected chi connectivity index (χ0v) is 19.8. The molecule has 0 aliphatic rings. The van der Waals surface area contributed by atoms with Gasteiger partial charge in [-0.3, -0.25) is 9.36 Å². The minimum Gasteiger partial charge on any atom is -0.497 e. The molecule has 7 nitrogen and oxygen atoms in total. The van der Waals surface area contributed by atoms with E-state index in [0.717, 1.165) is 22.7 Å². The van der Waals surface area contributed by atoms with Gasteiger partial charge in [0.2, 0.25) is 5.91 Å². The highest BCUT2D eigenvalue weighted by molar-refractivity contribution is 7.99. The lowest BCUT2D eigenvalue weighted by Gasteiger charge is -2.23. The summed E-state index contributed by atoms with van der Waals surface area (Å²) in [5.41, 5.74) is 2.03. The first-order chi connectivity index (χ1) is 15.5. The second-order valence-corrected chi connectivity index (χ2v) is 8.61. The number of nitrogens with one attached hydrogen (secondary N) is 1. The molecule has 0 unspecified atom stereocenters. The van der Waals surface area contributed by atoms with Crippen molar-refractivity contribution in [1.29, 1.82) is 0 Å². The summed E-state index contributed by atoms with van der Waals surface area (Å²) in [4.78, 5) is 12.8. The summed E-state index contributed by atoms with van der Waals surface area (Å²) < 4.78 is 12.5. The molecule has 0 saturated heterocycles. The Morgan fingerprint density at radius 1 is 1.06 bits per heavy atom. The highest BCUT2D eigenvalue weighted by Gasteiger charge is 2.20. The normalized spacial score (nSPS) is 12.0. The molecule has 0 fully saturated rings. The van der Waals surface area contributed by atoms with Gasteiger partial charge in [-0.2, -0.15) is 0 Å². The van der Waals surface area contributed by atoms with Gasteiger partial charge in [0, 0.05) is 12.7 Å². The van der Waals surface area contributed by atoms with Crippen LogP contribution >= 0.6 is 11.8 Å². The number of hydrogen-bond acceptors (Lipinski definition) is 6. The molecule has 8 heteroatoms. The molecule has 0 radical (unpaired) electrons. The Balaban J connectivity index is 1.69. The van der Waals surface area contributed by atoms with E-state index in [9.17, 15) is 4.79 Å². The van der Waals surface area contributed by atoms with Crippen molar-refractivity contribution in [3.8, 4) is 17.1 Å². The molecule has 1 aromatic heterocycles. The summed E-state index contributed by atoms with van der Waals surface area (Å²) in [6, 6.07) is 17.6. The van der Waals surface area contributed by atoms with Gasteiger partial charge in [0.1, 0.15) is 5.75 Å². The molecule has 1 heterocycles. The molecule has 1 amide bonds. The largest absolute Gasteiger partial charge is 0.497 e. The number of carbonyl (C=O) groups excluding carboxylic acids is 1. The molecular weight excluding hydrogens is 424 g/mol. The van der Waals surface area contributed by atoms with Crippen LogP contribution < -0.4 is 10.1 Å². The van der Waals surface area contributed by atoms with E-state index >= 15 is 0 Å². The second-order valence-electron chi connectivity index (χ2n) is 7.67. The highest BCUT2D eigenvalue weighted by Crippen LogP contribution is 2.26. The molecule has 0 aliphatic carbocycles. The van der Waals surface area contributed by atoms with Gasteiger partial charge in [-0.1, -0.05) is 68.1 Å². The van der Waals surface area contributed by atoms with Crippen molar-refractivity contribution in [3.63, 3.8) is 0 Å². The Hall–Kier alpha value is -2.84. The van der Waals surface area contributed by atoms with Gasteiger partial charge in [0.05, 0.1) is 32.1 Å². The summed E-state index contributed by atoms with van der Waals surface area (Å²) >= 11 is 1.38. The zero-order chi connectivity index (χ0) is 22.9. The smallest absolute Gasteiger partial charge is 0.230 e. The molecule has 170 valence electrons. The fourth-order valence-corrected chi connectivity index (χ4v) is 4.15. The average Bonchev–Trinajstić information content (AvgIpc) is 3.23. The maximum absolute atomic E-state index is 12.8. The maximum atomic E-state index is 12.8. The minimum absolute atomic E-state index is 0.0490. The van der Waals surface area contributed by atoms with Gasteiger partial charge in [0.15, 0.2) is 11.0 Å². The molecular formula is C24H30N4O3S. The fourth-order valence-electron chi connectivity index (χ4n) is 3.37. The Morgan fingerprint density at radius 3 is 2.41 bits per heavy atom. The van der Waals surface area contributed by atoms with Crippen molar-refractivity contribution in [2.45, 2.75) is 31.6 Å². The monoisotopic (exact) mass is 454 g/mol. The Bertz CT molecular complexity index is 990. The molecule has 1 N–H and O–H groups in total. The van der Waals surface area contributed by atoms with E-state index in [2.05, 4.69) is 29.4 Å². The molecule has 1 atom stereocenters. The third-order valence-electron chi connectivity index (χ3n) is 5.06. The lowest BCUT2D eigenvalue weighted by Crippen LogP contribution is -2.33. The quantitative estimate of drug-likeness (QED) is 0.438. The SMILES string of the molecule is COCCn1c(SCC(=O)N[C@H](c2ccc(OC)cc2)C(C)C)nnc1-c1ccccc1. The summed E-state index contributed by atoms with van der Waals surface area (Å²) in [7, 11) is 3.31. The Morgan fingerprint density at radius 2 is 1.78 bits per heavy atom. The Kier molecular flexibility index (Phi) is 8.70. The molecule has 3 aromatic rings. The third-order valence-corrected chi connectivity index (χ3v) is 6.03. The van der Waals surface area contributed by atoms with E-state index in [1.54, 1.807) is 14.2 Å². The van der Waals surface area contributed by atoms with E-state index in [1.165, 1.54) is 11.8 Å². The number of hydrogen-bond donors (Lipinski definition) is 1. The van der Waals surface area contributed by atoms with Crippen LogP contribution in [0.1, 0.15) is 25.5 Å². The molecule has 0 spiro atoms. The summed E-state index contributed by atoms with van der Waals surface area (Å²) in [6.45, 7) is 5.33. The number of aromatic nitrogens is 3. The minimum atomic E-state index is -0.0831. The van der Waals surface area contributed by atoms with Crippen LogP contribution in [-0.4, -0.2) is 47.3 Å². The number of amides is 1. The van der Waals surface area contributed by atoms with E-state index in [0.29, 0.717) is 18.3 Å². The number of rotatable bonds is 11. The van der Waals surface area contributed by atoms with Gasteiger partial charge < -0.3 is 14.8 Å². The number of thioether (sulfide) groups is 1. The van der Waals surface area contributed by atoms with Crippen molar-refractivity contribution in [2.24, 2.45) is 5.92 Å². The van der Waals surface area contributed by atoms with Crippen LogP contribution in [0.25, 0.3) is 11.4 Å². The number of methoxy groups -OCH3 is 2. The van der Waals surface area contributed by atoms with Crippen LogP contribution in [0.2, 0.25) is 0 Å². The van der Waals surface area contributed by atoms with E-state index < -0.39 is 0 Å². The van der Waals surface area contributed by atoms with Crippen LogP contribution in [0, 0.1) is 5.92 Å². The van der Waals surface area contributed by atoms with Gasteiger partial charge >= 0.3 is 0 Å².